The van der Waals surface area contributed by atoms with Crippen LogP contribution in [0.5, 0.6) is 0 Å². The van der Waals surface area contributed by atoms with Crippen molar-refractivity contribution in [2.45, 2.75) is 19.8 Å². The van der Waals surface area contributed by atoms with E-state index in [1.165, 1.54) is 16.7 Å². The van der Waals surface area contributed by atoms with E-state index in [1.54, 1.807) is 0 Å². The summed E-state index contributed by atoms with van der Waals surface area (Å²) in [6, 6.07) is 6.57. The number of allylic oxidation sites excluding steroid dienone is 5. The molecular formula is C15H16. The third-order valence-electron chi connectivity index (χ3n) is 2.72. The molecule has 0 N–H and O–H groups in total. The van der Waals surface area contributed by atoms with Gasteiger partial charge in [0.2, 0.25) is 0 Å². The van der Waals surface area contributed by atoms with Gasteiger partial charge in [0.05, 0.1) is 0 Å². The molecule has 0 radical (unpaired) electrons. The molecule has 0 bridgehead atoms. The third-order valence-corrected chi connectivity index (χ3v) is 2.72. The van der Waals surface area contributed by atoms with Crippen molar-refractivity contribution in [1.82, 2.24) is 0 Å². The van der Waals surface area contributed by atoms with Gasteiger partial charge in [0.1, 0.15) is 0 Å². The number of fused-ring (bicyclic) bond motifs is 1. The van der Waals surface area contributed by atoms with Crippen molar-refractivity contribution in [2.75, 3.05) is 0 Å². The Morgan fingerprint density at radius 1 is 1.07 bits per heavy atom. The van der Waals surface area contributed by atoms with Crippen molar-refractivity contribution in [2.24, 2.45) is 0 Å². The van der Waals surface area contributed by atoms with Crippen LogP contribution >= 0.6 is 0 Å². The fourth-order valence-corrected chi connectivity index (χ4v) is 1.93. The summed E-state index contributed by atoms with van der Waals surface area (Å²) in [5, 5.41) is 0. The third kappa shape index (κ3) is 2.27. The normalized spacial score (nSPS) is 15.0. The molecule has 2 rings (SSSR count). The van der Waals surface area contributed by atoms with Crippen LogP contribution in [0.25, 0.3) is 6.08 Å². The van der Waals surface area contributed by atoms with Gasteiger partial charge in [-0.05, 0) is 36.5 Å². The molecule has 0 saturated heterocycles. The minimum absolute atomic E-state index is 1.08. The Kier molecular flexibility index (Phi) is 3.18. The lowest BCUT2D eigenvalue weighted by atomic mass is 9.92. The summed E-state index contributed by atoms with van der Waals surface area (Å²) in [6.07, 6.45) is 15.1. The number of hydrogen-bond acceptors (Lipinski definition) is 0. The second-order valence-corrected chi connectivity index (χ2v) is 3.75. The zero-order valence-electron chi connectivity index (χ0n) is 9.11. The SMILES string of the molecule is CC=CC=Cc1cccc2c1CC=CC2. The number of benzene rings is 1. The Bertz CT molecular complexity index is 420. The molecule has 0 unspecified atom stereocenters. The summed E-state index contributed by atoms with van der Waals surface area (Å²) < 4.78 is 0. The lowest BCUT2D eigenvalue weighted by Gasteiger charge is -2.13. The fourth-order valence-electron chi connectivity index (χ4n) is 1.93. The topological polar surface area (TPSA) is 0 Å². The highest BCUT2D eigenvalue weighted by atomic mass is 14.1. The van der Waals surface area contributed by atoms with Crippen molar-refractivity contribution in [3.63, 3.8) is 0 Å². The maximum absolute atomic E-state index is 2.26. The van der Waals surface area contributed by atoms with Crippen molar-refractivity contribution < 1.29 is 0 Å². The molecule has 1 aliphatic rings. The highest BCUT2D eigenvalue weighted by Gasteiger charge is 2.06. The first-order chi connectivity index (χ1) is 7.42. The van der Waals surface area contributed by atoms with Gasteiger partial charge in [-0.25, -0.2) is 0 Å². The second-order valence-electron chi connectivity index (χ2n) is 3.75. The minimum atomic E-state index is 1.08. The molecule has 0 amide bonds. The van der Waals surface area contributed by atoms with Gasteiger partial charge in [-0.1, -0.05) is 54.7 Å². The van der Waals surface area contributed by atoms with Crippen molar-refractivity contribution in [3.8, 4) is 0 Å². The summed E-state index contributed by atoms with van der Waals surface area (Å²) in [6.45, 7) is 2.04. The maximum Gasteiger partial charge on any atom is -0.00885 e. The largest absolute Gasteiger partial charge is 0.0877 e. The Labute approximate surface area is 91.6 Å². The van der Waals surface area contributed by atoms with Gasteiger partial charge in [0.15, 0.2) is 0 Å². The molecular weight excluding hydrogens is 180 g/mol. The van der Waals surface area contributed by atoms with Crippen LogP contribution in [-0.4, -0.2) is 0 Å². The van der Waals surface area contributed by atoms with Gasteiger partial charge < -0.3 is 0 Å². The van der Waals surface area contributed by atoms with Crippen LogP contribution in [0.2, 0.25) is 0 Å². The van der Waals surface area contributed by atoms with Gasteiger partial charge >= 0.3 is 0 Å². The van der Waals surface area contributed by atoms with Gasteiger partial charge in [0.25, 0.3) is 0 Å². The molecule has 15 heavy (non-hydrogen) atoms. The molecule has 0 fully saturated rings. The van der Waals surface area contributed by atoms with Crippen LogP contribution in [-0.2, 0) is 12.8 Å². The molecule has 0 aromatic heterocycles. The predicted octanol–water partition coefficient (Wildman–Crippen LogP) is 3.93. The average Bonchev–Trinajstić information content (AvgIpc) is 2.30. The molecule has 0 saturated carbocycles. The smallest absolute Gasteiger partial charge is 0.00885 e. The first kappa shape index (κ1) is 9.97. The molecule has 0 heterocycles. The van der Waals surface area contributed by atoms with Crippen molar-refractivity contribution >= 4 is 6.08 Å². The van der Waals surface area contributed by atoms with Crippen LogP contribution in [0.1, 0.15) is 23.6 Å². The summed E-state index contributed by atoms with van der Waals surface area (Å²) in [5.74, 6) is 0. The van der Waals surface area contributed by atoms with E-state index in [4.69, 9.17) is 0 Å². The Morgan fingerprint density at radius 3 is 2.80 bits per heavy atom. The van der Waals surface area contributed by atoms with Crippen LogP contribution in [0.15, 0.2) is 48.6 Å². The number of rotatable bonds is 2. The molecule has 1 aromatic carbocycles. The maximum atomic E-state index is 2.26. The quantitative estimate of drug-likeness (QED) is 0.496. The highest BCUT2D eigenvalue weighted by Crippen LogP contribution is 2.21. The van der Waals surface area contributed by atoms with Gasteiger partial charge in [0, 0.05) is 0 Å². The minimum Gasteiger partial charge on any atom is -0.0877 e. The molecule has 1 aromatic rings. The lowest BCUT2D eigenvalue weighted by Crippen LogP contribution is -1.99. The summed E-state index contributed by atoms with van der Waals surface area (Å²) in [7, 11) is 0. The van der Waals surface area contributed by atoms with E-state index in [-0.39, 0.29) is 0 Å². The van der Waals surface area contributed by atoms with E-state index < -0.39 is 0 Å². The molecule has 1 aliphatic carbocycles. The van der Waals surface area contributed by atoms with E-state index in [1.807, 2.05) is 13.0 Å². The number of hydrogen-bond donors (Lipinski definition) is 0. The van der Waals surface area contributed by atoms with Gasteiger partial charge in [-0.2, -0.15) is 0 Å². The summed E-state index contributed by atoms with van der Waals surface area (Å²) in [5.41, 5.74) is 4.32. The van der Waals surface area contributed by atoms with Crippen LogP contribution in [0, 0.1) is 0 Å². The summed E-state index contributed by atoms with van der Waals surface area (Å²) in [4.78, 5) is 0. The van der Waals surface area contributed by atoms with E-state index in [0.717, 1.165) is 12.8 Å². The molecule has 0 nitrogen and oxygen atoms in total. The van der Waals surface area contributed by atoms with E-state index in [0.29, 0.717) is 0 Å². The fraction of sp³-hybridized carbons (Fsp3) is 0.200. The molecule has 0 heteroatoms. The van der Waals surface area contributed by atoms with E-state index >= 15 is 0 Å². The van der Waals surface area contributed by atoms with Crippen LogP contribution in [0.3, 0.4) is 0 Å². The average molecular weight is 196 g/mol. The first-order valence-electron chi connectivity index (χ1n) is 5.47. The Balaban J connectivity index is 2.33. The highest BCUT2D eigenvalue weighted by molar-refractivity contribution is 5.58. The zero-order chi connectivity index (χ0) is 10.5. The molecule has 0 spiro atoms. The second kappa shape index (κ2) is 4.79. The Hall–Kier alpha value is -1.56. The van der Waals surface area contributed by atoms with E-state index in [9.17, 15) is 0 Å². The Morgan fingerprint density at radius 2 is 1.93 bits per heavy atom. The molecule has 0 aliphatic heterocycles. The monoisotopic (exact) mass is 196 g/mol. The summed E-state index contributed by atoms with van der Waals surface area (Å²) >= 11 is 0. The predicted molar refractivity (Wildman–Crippen MR) is 66.8 cm³/mol. The first-order valence-corrected chi connectivity index (χ1v) is 5.47. The van der Waals surface area contributed by atoms with Crippen molar-refractivity contribution in [3.05, 3.63) is 65.3 Å². The molecule has 76 valence electrons. The molecule has 0 atom stereocenters. The van der Waals surface area contributed by atoms with Crippen LogP contribution < -0.4 is 0 Å². The lowest BCUT2D eigenvalue weighted by molar-refractivity contribution is 1.09. The standard InChI is InChI=1S/C15H16/c1-2-3-4-8-13-10-7-11-14-9-5-6-12-15(13)14/h2-8,10-11H,9,12H2,1H3. The zero-order valence-corrected chi connectivity index (χ0v) is 9.11. The van der Waals surface area contributed by atoms with E-state index in [2.05, 4.69) is 48.6 Å². The van der Waals surface area contributed by atoms with Gasteiger partial charge in [-0.15, -0.1) is 0 Å². The van der Waals surface area contributed by atoms with Gasteiger partial charge in [-0.3, -0.25) is 0 Å². The van der Waals surface area contributed by atoms with Crippen LogP contribution in [0.4, 0.5) is 0 Å². The van der Waals surface area contributed by atoms with Crippen molar-refractivity contribution in [1.29, 1.82) is 0 Å².